The van der Waals surface area contributed by atoms with E-state index in [-0.39, 0.29) is 11.9 Å². The molecule has 6 nitrogen and oxygen atoms in total. The summed E-state index contributed by atoms with van der Waals surface area (Å²) in [7, 11) is -1.84. The van der Waals surface area contributed by atoms with Crippen molar-refractivity contribution in [2.45, 2.75) is 45.8 Å². The minimum Gasteiger partial charge on any atom is -0.481 e. The molecular weight excluding hydrogens is 388 g/mol. The van der Waals surface area contributed by atoms with E-state index in [0.29, 0.717) is 17.9 Å². The van der Waals surface area contributed by atoms with Gasteiger partial charge in [-0.15, -0.1) is 0 Å². The van der Waals surface area contributed by atoms with Gasteiger partial charge in [0.2, 0.25) is 10.0 Å². The number of nitrogens with zero attached hydrogens (tertiary/aromatic N) is 1. The van der Waals surface area contributed by atoms with Crippen molar-refractivity contribution in [1.29, 1.82) is 0 Å². The second-order valence-corrected chi connectivity index (χ2v) is 9.08. The van der Waals surface area contributed by atoms with Gasteiger partial charge in [0, 0.05) is 7.05 Å². The predicted octanol–water partition coefficient (Wildman–Crippen LogP) is 3.68. The van der Waals surface area contributed by atoms with Crippen LogP contribution in [-0.4, -0.2) is 33.7 Å². The molecule has 0 aliphatic heterocycles. The number of sulfonamides is 1. The minimum atomic E-state index is -3.33. The summed E-state index contributed by atoms with van der Waals surface area (Å²) in [5.74, 6) is 0.328. The Labute approximate surface area is 173 Å². The Morgan fingerprint density at radius 2 is 1.66 bits per heavy atom. The lowest BCUT2D eigenvalue weighted by atomic mass is 10.0. The molecule has 0 unspecified atom stereocenters. The van der Waals surface area contributed by atoms with Gasteiger partial charge in [-0.1, -0.05) is 38.1 Å². The van der Waals surface area contributed by atoms with E-state index >= 15 is 0 Å². The number of hydrogen-bond donors (Lipinski definition) is 1. The van der Waals surface area contributed by atoms with Gasteiger partial charge in [-0.3, -0.25) is 9.10 Å². The van der Waals surface area contributed by atoms with E-state index in [4.69, 9.17) is 4.74 Å². The fraction of sp³-hybridized carbons (Fsp3) is 0.409. The lowest BCUT2D eigenvalue weighted by molar-refractivity contribution is -0.128. The number of aryl methyl sites for hydroxylation is 1. The van der Waals surface area contributed by atoms with Gasteiger partial charge in [-0.25, -0.2) is 8.42 Å². The molecule has 0 bridgehead atoms. The maximum absolute atomic E-state index is 12.7. The van der Waals surface area contributed by atoms with Crippen LogP contribution in [0.1, 0.15) is 44.4 Å². The number of hydrogen-bond acceptors (Lipinski definition) is 4. The Balaban J connectivity index is 2.02. The summed E-state index contributed by atoms with van der Waals surface area (Å²) in [6.07, 6.45) is 2.00. The van der Waals surface area contributed by atoms with E-state index in [1.807, 2.05) is 26.0 Å². The molecule has 2 aromatic rings. The van der Waals surface area contributed by atoms with Gasteiger partial charge < -0.3 is 10.1 Å². The Morgan fingerprint density at radius 1 is 1.07 bits per heavy atom. The van der Waals surface area contributed by atoms with Crippen LogP contribution in [0.2, 0.25) is 0 Å². The van der Waals surface area contributed by atoms with Gasteiger partial charge >= 0.3 is 0 Å². The molecule has 7 heteroatoms. The summed E-state index contributed by atoms with van der Waals surface area (Å²) in [4.78, 5) is 12.7. The van der Waals surface area contributed by atoms with Gasteiger partial charge in [-0.2, -0.15) is 0 Å². The topological polar surface area (TPSA) is 75.7 Å². The van der Waals surface area contributed by atoms with E-state index in [1.54, 1.807) is 24.3 Å². The summed E-state index contributed by atoms with van der Waals surface area (Å²) < 4.78 is 30.3. The van der Waals surface area contributed by atoms with Crippen molar-refractivity contribution in [3.8, 4) is 5.75 Å². The van der Waals surface area contributed by atoms with Crippen molar-refractivity contribution in [2.75, 3.05) is 17.6 Å². The normalized spacial score (nSPS) is 13.4. The highest BCUT2D eigenvalue weighted by atomic mass is 32.2. The molecule has 1 N–H and O–H groups in total. The summed E-state index contributed by atoms with van der Waals surface area (Å²) in [5.41, 5.74) is 2.83. The largest absolute Gasteiger partial charge is 0.481 e. The summed E-state index contributed by atoms with van der Waals surface area (Å²) >= 11 is 0. The first-order valence-corrected chi connectivity index (χ1v) is 11.6. The highest BCUT2D eigenvalue weighted by molar-refractivity contribution is 7.92. The molecule has 0 spiro atoms. The van der Waals surface area contributed by atoms with E-state index in [0.717, 1.165) is 18.2 Å². The Morgan fingerprint density at radius 3 is 2.14 bits per heavy atom. The second kappa shape index (κ2) is 9.78. The van der Waals surface area contributed by atoms with Crippen LogP contribution < -0.4 is 14.4 Å². The molecule has 0 fully saturated rings. The molecule has 2 atom stereocenters. The van der Waals surface area contributed by atoms with Gasteiger partial charge in [0.05, 0.1) is 18.0 Å². The predicted molar refractivity (Wildman–Crippen MR) is 117 cm³/mol. The van der Waals surface area contributed by atoms with Crippen LogP contribution in [0, 0.1) is 0 Å². The van der Waals surface area contributed by atoms with Crippen molar-refractivity contribution in [2.24, 2.45) is 0 Å². The third kappa shape index (κ3) is 6.22. The Kier molecular flexibility index (Phi) is 7.67. The molecular formula is C22H30N2O4S. The molecule has 1 amide bonds. The van der Waals surface area contributed by atoms with Crippen LogP contribution in [-0.2, 0) is 21.2 Å². The molecule has 0 aromatic heterocycles. The number of ether oxygens (including phenoxy) is 1. The summed E-state index contributed by atoms with van der Waals surface area (Å²) in [6.45, 7) is 5.94. The highest BCUT2D eigenvalue weighted by Crippen LogP contribution is 2.22. The van der Waals surface area contributed by atoms with E-state index < -0.39 is 16.1 Å². The lowest BCUT2D eigenvalue weighted by Crippen LogP contribution is -2.39. The first-order valence-electron chi connectivity index (χ1n) is 9.75. The third-order valence-corrected chi connectivity index (χ3v) is 6.09. The van der Waals surface area contributed by atoms with Crippen LogP contribution in [0.15, 0.2) is 48.5 Å². The number of amides is 1. The average Bonchev–Trinajstić information content (AvgIpc) is 2.71. The number of rotatable bonds is 9. The van der Waals surface area contributed by atoms with Gasteiger partial charge in [0.15, 0.2) is 6.10 Å². The molecule has 0 saturated heterocycles. The number of carbonyl (C=O) groups excluding carboxylic acids is 1. The van der Waals surface area contributed by atoms with Crippen LogP contribution >= 0.6 is 0 Å². The van der Waals surface area contributed by atoms with Crippen molar-refractivity contribution in [3.05, 3.63) is 59.7 Å². The molecule has 2 rings (SSSR count). The molecule has 2 aromatic carbocycles. The average molecular weight is 419 g/mol. The highest BCUT2D eigenvalue weighted by Gasteiger charge is 2.21. The molecule has 0 saturated carbocycles. The standard InChI is InChI=1S/C22H30N2O4S/c1-6-17-8-10-18(11-9-17)16(3)23-22(25)21(7-2)28-20-14-12-19(13-15-20)24(4)29(5,26)27/h8-16,21H,6-7H2,1-5H3,(H,23,25)/t16-,21-/m0/s1. The molecule has 158 valence electrons. The van der Waals surface area contributed by atoms with Crippen molar-refractivity contribution in [3.63, 3.8) is 0 Å². The quantitative estimate of drug-likeness (QED) is 0.674. The zero-order chi connectivity index (χ0) is 21.6. The van der Waals surface area contributed by atoms with Crippen LogP contribution in [0.4, 0.5) is 5.69 Å². The zero-order valence-electron chi connectivity index (χ0n) is 17.7. The summed E-state index contributed by atoms with van der Waals surface area (Å²) in [6, 6.07) is 14.7. The molecule has 0 radical (unpaired) electrons. The number of benzene rings is 2. The fourth-order valence-electron chi connectivity index (χ4n) is 2.84. The van der Waals surface area contributed by atoms with Crippen LogP contribution in [0.5, 0.6) is 5.75 Å². The van der Waals surface area contributed by atoms with Crippen LogP contribution in [0.25, 0.3) is 0 Å². The second-order valence-electron chi connectivity index (χ2n) is 7.06. The number of anilines is 1. The first kappa shape index (κ1) is 22.7. The zero-order valence-corrected chi connectivity index (χ0v) is 18.5. The molecule has 29 heavy (non-hydrogen) atoms. The molecule has 0 aliphatic carbocycles. The number of carbonyl (C=O) groups is 1. The fourth-order valence-corrected chi connectivity index (χ4v) is 3.35. The van der Waals surface area contributed by atoms with E-state index in [9.17, 15) is 13.2 Å². The van der Waals surface area contributed by atoms with Gasteiger partial charge in [0.25, 0.3) is 5.91 Å². The van der Waals surface area contributed by atoms with Crippen molar-refractivity contribution >= 4 is 21.6 Å². The first-order chi connectivity index (χ1) is 13.7. The maximum Gasteiger partial charge on any atom is 0.261 e. The van der Waals surface area contributed by atoms with E-state index in [1.165, 1.54) is 16.9 Å². The minimum absolute atomic E-state index is 0.128. The molecule has 0 heterocycles. The van der Waals surface area contributed by atoms with Gasteiger partial charge in [-0.05, 0) is 55.2 Å². The Hall–Kier alpha value is -2.54. The van der Waals surface area contributed by atoms with Crippen molar-refractivity contribution in [1.82, 2.24) is 5.32 Å². The van der Waals surface area contributed by atoms with E-state index in [2.05, 4.69) is 24.4 Å². The SMILES string of the molecule is CCc1ccc([C@H](C)NC(=O)[C@H](CC)Oc2ccc(N(C)S(C)(=O)=O)cc2)cc1. The van der Waals surface area contributed by atoms with Gasteiger partial charge in [0.1, 0.15) is 5.75 Å². The number of nitrogens with one attached hydrogen (secondary N) is 1. The smallest absolute Gasteiger partial charge is 0.261 e. The third-order valence-electron chi connectivity index (χ3n) is 4.89. The maximum atomic E-state index is 12.7. The van der Waals surface area contributed by atoms with Crippen LogP contribution in [0.3, 0.4) is 0 Å². The molecule has 0 aliphatic rings. The van der Waals surface area contributed by atoms with Crippen molar-refractivity contribution < 1.29 is 17.9 Å². The summed E-state index contributed by atoms with van der Waals surface area (Å²) in [5, 5.41) is 3.00. The Bertz CT molecular complexity index is 909. The lowest BCUT2D eigenvalue weighted by Gasteiger charge is -2.21. The monoisotopic (exact) mass is 418 g/mol.